The predicted octanol–water partition coefficient (Wildman–Crippen LogP) is 4.39. The first-order valence-electron chi connectivity index (χ1n) is 6.60. The normalized spacial score (nSPS) is 10.3. The minimum atomic E-state index is 0.652. The van der Waals surface area contributed by atoms with Crippen molar-refractivity contribution in [1.82, 2.24) is 4.98 Å². The van der Waals surface area contributed by atoms with Gasteiger partial charge in [-0.2, -0.15) is 0 Å². The number of nitrogens with zero attached hydrogens (tertiary/aromatic N) is 2. The molecule has 0 fully saturated rings. The van der Waals surface area contributed by atoms with Gasteiger partial charge in [-0.05, 0) is 12.1 Å². The van der Waals surface area contributed by atoms with E-state index in [-0.39, 0.29) is 0 Å². The van der Waals surface area contributed by atoms with E-state index in [2.05, 4.69) is 4.98 Å². The van der Waals surface area contributed by atoms with Gasteiger partial charge in [-0.1, -0.05) is 59.9 Å². The summed E-state index contributed by atoms with van der Waals surface area (Å²) in [5.74, 6) is 0. The molecule has 0 spiro atoms. The van der Waals surface area contributed by atoms with Crippen LogP contribution in [0, 0.1) is 0 Å². The molecule has 0 bridgehead atoms. The lowest BCUT2D eigenvalue weighted by molar-refractivity contribution is 0.112. The van der Waals surface area contributed by atoms with Crippen molar-refractivity contribution >= 4 is 28.4 Å². The molecule has 4 heteroatoms. The highest BCUT2D eigenvalue weighted by atomic mass is 32.1. The van der Waals surface area contributed by atoms with Crippen LogP contribution in [0.1, 0.15) is 9.67 Å². The summed E-state index contributed by atoms with van der Waals surface area (Å²) in [6.07, 6.45) is 0.877. The van der Waals surface area contributed by atoms with Crippen LogP contribution < -0.4 is 4.90 Å². The summed E-state index contributed by atoms with van der Waals surface area (Å²) in [4.78, 5) is 18.6. The summed E-state index contributed by atoms with van der Waals surface area (Å²) >= 11 is 1.40. The average molecular weight is 294 g/mol. The second-order valence-corrected chi connectivity index (χ2v) is 5.60. The Morgan fingerprint density at radius 2 is 1.62 bits per heavy atom. The van der Waals surface area contributed by atoms with Gasteiger partial charge in [0.2, 0.25) is 0 Å². The molecule has 3 nitrogen and oxygen atoms in total. The highest BCUT2D eigenvalue weighted by Crippen LogP contribution is 2.34. The second-order valence-electron chi connectivity index (χ2n) is 4.59. The van der Waals surface area contributed by atoms with Crippen LogP contribution in [0.5, 0.6) is 0 Å². The van der Waals surface area contributed by atoms with Crippen LogP contribution >= 0.6 is 11.3 Å². The zero-order chi connectivity index (χ0) is 14.7. The molecule has 3 aromatic rings. The lowest BCUT2D eigenvalue weighted by atomic mass is 10.1. The summed E-state index contributed by atoms with van der Waals surface area (Å²) in [6, 6.07) is 19.8. The standard InChI is InChI=1S/C17H14N2OS/c1-19(14-10-6-3-7-11-14)17-18-16(15(12-20)21-17)13-8-4-2-5-9-13/h2-12H,1H3. The van der Waals surface area contributed by atoms with E-state index in [0.717, 1.165) is 28.4 Å². The number of hydrogen-bond donors (Lipinski definition) is 0. The van der Waals surface area contributed by atoms with Gasteiger partial charge in [-0.15, -0.1) is 0 Å². The van der Waals surface area contributed by atoms with Gasteiger partial charge in [0.05, 0.1) is 10.6 Å². The number of para-hydroxylation sites is 1. The van der Waals surface area contributed by atoms with Gasteiger partial charge in [0.15, 0.2) is 11.4 Å². The Morgan fingerprint density at radius 3 is 2.24 bits per heavy atom. The van der Waals surface area contributed by atoms with Crippen molar-refractivity contribution in [2.24, 2.45) is 0 Å². The van der Waals surface area contributed by atoms with Crippen LogP contribution in [-0.2, 0) is 0 Å². The maximum Gasteiger partial charge on any atom is 0.190 e. The lowest BCUT2D eigenvalue weighted by Gasteiger charge is -2.15. The predicted molar refractivity (Wildman–Crippen MR) is 87.4 cm³/mol. The number of anilines is 2. The highest BCUT2D eigenvalue weighted by Gasteiger charge is 2.15. The smallest absolute Gasteiger partial charge is 0.190 e. The zero-order valence-electron chi connectivity index (χ0n) is 11.6. The van der Waals surface area contributed by atoms with E-state index in [1.807, 2.05) is 72.6 Å². The second kappa shape index (κ2) is 5.89. The van der Waals surface area contributed by atoms with Crippen LogP contribution in [0.3, 0.4) is 0 Å². The Kier molecular flexibility index (Phi) is 3.79. The molecule has 3 rings (SSSR count). The molecule has 1 aromatic heterocycles. The SMILES string of the molecule is CN(c1ccccc1)c1nc(-c2ccccc2)c(C=O)s1. The van der Waals surface area contributed by atoms with E-state index >= 15 is 0 Å². The maximum absolute atomic E-state index is 11.3. The molecule has 0 atom stereocenters. The number of benzene rings is 2. The van der Waals surface area contributed by atoms with Gasteiger partial charge in [0.25, 0.3) is 0 Å². The van der Waals surface area contributed by atoms with Gasteiger partial charge >= 0.3 is 0 Å². The zero-order valence-corrected chi connectivity index (χ0v) is 12.4. The number of aromatic nitrogens is 1. The molecule has 0 saturated carbocycles. The number of hydrogen-bond acceptors (Lipinski definition) is 4. The number of aldehydes is 1. The molecular weight excluding hydrogens is 280 g/mol. The Hall–Kier alpha value is -2.46. The quantitative estimate of drug-likeness (QED) is 0.669. The third-order valence-electron chi connectivity index (χ3n) is 3.23. The number of carbonyl (C=O) groups is 1. The molecule has 21 heavy (non-hydrogen) atoms. The fourth-order valence-corrected chi connectivity index (χ4v) is 2.99. The largest absolute Gasteiger partial charge is 0.321 e. The monoisotopic (exact) mass is 294 g/mol. The van der Waals surface area contributed by atoms with Gasteiger partial charge in [-0.3, -0.25) is 4.79 Å². The molecule has 0 radical (unpaired) electrons. The fourth-order valence-electron chi connectivity index (χ4n) is 2.11. The Morgan fingerprint density at radius 1 is 1.00 bits per heavy atom. The number of carbonyl (C=O) groups excluding carboxylic acids is 1. The highest BCUT2D eigenvalue weighted by molar-refractivity contribution is 7.17. The summed E-state index contributed by atoms with van der Waals surface area (Å²) < 4.78 is 0. The molecule has 104 valence electrons. The molecule has 0 unspecified atom stereocenters. The van der Waals surface area contributed by atoms with Crippen LogP contribution in [0.25, 0.3) is 11.3 Å². The fraction of sp³-hybridized carbons (Fsp3) is 0.0588. The van der Waals surface area contributed by atoms with Crippen molar-refractivity contribution < 1.29 is 4.79 Å². The summed E-state index contributed by atoms with van der Waals surface area (Å²) in [5, 5.41) is 0.808. The van der Waals surface area contributed by atoms with Crippen LogP contribution in [0.2, 0.25) is 0 Å². The molecule has 0 saturated heterocycles. The minimum Gasteiger partial charge on any atom is -0.321 e. The maximum atomic E-state index is 11.3. The van der Waals surface area contributed by atoms with Crippen molar-refractivity contribution in [1.29, 1.82) is 0 Å². The van der Waals surface area contributed by atoms with Crippen LogP contribution in [0.4, 0.5) is 10.8 Å². The van der Waals surface area contributed by atoms with Gasteiger partial charge in [-0.25, -0.2) is 4.98 Å². The summed E-state index contributed by atoms with van der Waals surface area (Å²) in [7, 11) is 1.96. The summed E-state index contributed by atoms with van der Waals surface area (Å²) in [6.45, 7) is 0. The first-order valence-corrected chi connectivity index (χ1v) is 7.41. The third kappa shape index (κ3) is 2.71. The van der Waals surface area contributed by atoms with Crippen molar-refractivity contribution in [2.75, 3.05) is 11.9 Å². The van der Waals surface area contributed by atoms with E-state index in [4.69, 9.17) is 0 Å². The van der Waals surface area contributed by atoms with Gasteiger partial charge < -0.3 is 4.90 Å². The molecule has 0 amide bonds. The molecule has 1 heterocycles. The van der Waals surface area contributed by atoms with E-state index in [0.29, 0.717) is 4.88 Å². The average Bonchev–Trinajstić information content (AvgIpc) is 3.00. The molecule has 0 N–H and O–H groups in total. The molecule has 0 aliphatic rings. The van der Waals surface area contributed by atoms with Gasteiger partial charge in [0.1, 0.15) is 0 Å². The molecule has 0 aliphatic carbocycles. The van der Waals surface area contributed by atoms with Crippen LogP contribution in [-0.4, -0.2) is 18.3 Å². The first-order chi connectivity index (χ1) is 10.3. The van der Waals surface area contributed by atoms with Crippen LogP contribution in [0.15, 0.2) is 60.7 Å². The third-order valence-corrected chi connectivity index (χ3v) is 4.28. The van der Waals surface area contributed by atoms with E-state index < -0.39 is 0 Å². The molecule has 0 aliphatic heterocycles. The Labute approximate surface area is 127 Å². The Bertz CT molecular complexity index is 738. The van der Waals surface area contributed by atoms with Crippen molar-refractivity contribution in [3.8, 4) is 11.3 Å². The van der Waals surface area contributed by atoms with E-state index in [1.54, 1.807) is 0 Å². The minimum absolute atomic E-state index is 0.652. The van der Waals surface area contributed by atoms with Gasteiger partial charge in [0, 0.05) is 18.3 Å². The molecular formula is C17H14N2OS. The van der Waals surface area contributed by atoms with Crippen molar-refractivity contribution in [3.63, 3.8) is 0 Å². The van der Waals surface area contributed by atoms with Crippen molar-refractivity contribution in [2.45, 2.75) is 0 Å². The molecule has 2 aromatic carbocycles. The van der Waals surface area contributed by atoms with E-state index in [9.17, 15) is 4.79 Å². The summed E-state index contributed by atoms with van der Waals surface area (Å²) in [5.41, 5.74) is 2.75. The van der Waals surface area contributed by atoms with Crippen molar-refractivity contribution in [3.05, 3.63) is 65.5 Å². The number of rotatable bonds is 4. The lowest BCUT2D eigenvalue weighted by Crippen LogP contribution is -2.08. The Balaban J connectivity index is 2.02. The van der Waals surface area contributed by atoms with E-state index in [1.165, 1.54) is 11.3 Å². The first kappa shape index (κ1) is 13.5. The number of thiazole rings is 1. The topological polar surface area (TPSA) is 33.2 Å².